The molecule has 1 amide bonds. The van der Waals surface area contributed by atoms with Crippen LogP contribution in [-0.4, -0.2) is 29.0 Å². The van der Waals surface area contributed by atoms with Crippen molar-refractivity contribution in [2.24, 2.45) is 5.84 Å². The Morgan fingerprint density at radius 3 is 2.08 bits per heavy atom. The Morgan fingerprint density at radius 2 is 1.50 bits per heavy atom. The Morgan fingerprint density at radius 1 is 0.962 bits per heavy atom. The zero-order valence-corrected chi connectivity index (χ0v) is 16.2. The smallest absolute Gasteiger partial charge is 0.238 e. The highest BCUT2D eigenvalue weighted by Crippen LogP contribution is 2.15. The number of hydrazine groups is 1. The van der Waals surface area contributed by atoms with E-state index in [1.54, 1.807) is 0 Å². The van der Waals surface area contributed by atoms with Crippen LogP contribution in [0.5, 0.6) is 0 Å². The van der Waals surface area contributed by atoms with Crippen molar-refractivity contribution < 1.29 is 4.79 Å². The summed E-state index contributed by atoms with van der Waals surface area (Å²) in [5.74, 6) is 5.76. The van der Waals surface area contributed by atoms with E-state index in [0.29, 0.717) is 6.42 Å². The number of carbonyl (C=O) groups is 1. The maximum absolute atomic E-state index is 11.2. The molecule has 1 aromatic carbocycles. The maximum atomic E-state index is 11.2. The minimum atomic E-state index is -0.182. The molecular formula is C18H25Cl2N5O. The lowest BCUT2D eigenvalue weighted by Crippen LogP contribution is -2.31. The van der Waals surface area contributed by atoms with E-state index in [1.807, 2.05) is 24.5 Å². The van der Waals surface area contributed by atoms with E-state index in [1.165, 1.54) is 18.4 Å². The van der Waals surface area contributed by atoms with Crippen molar-refractivity contribution in [3.8, 4) is 0 Å². The number of rotatable bonds is 6. The predicted molar refractivity (Wildman–Crippen MR) is 108 cm³/mol. The SMILES string of the molecule is Cl.Cl.NNC(=O)Cc1ccc(CCc2cnc(N3CCCC3)nc2)cc1. The highest BCUT2D eigenvalue weighted by molar-refractivity contribution is 5.85. The van der Waals surface area contributed by atoms with Crippen LogP contribution in [0.15, 0.2) is 36.7 Å². The molecule has 1 aliphatic heterocycles. The highest BCUT2D eigenvalue weighted by Gasteiger charge is 2.14. The molecule has 0 atom stereocenters. The van der Waals surface area contributed by atoms with Gasteiger partial charge in [-0.05, 0) is 42.4 Å². The van der Waals surface area contributed by atoms with Crippen LogP contribution >= 0.6 is 24.8 Å². The molecule has 1 aliphatic rings. The molecule has 0 bridgehead atoms. The number of nitrogens with two attached hydrogens (primary N) is 1. The second kappa shape index (κ2) is 11.0. The molecule has 2 aromatic rings. The van der Waals surface area contributed by atoms with Gasteiger partial charge in [0.05, 0.1) is 6.42 Å². The number of anilines is 1. The average molecular weight is 398 g/mol. The number of aromatic nitrogens is 2. The van der Waals surface area contributed by atoms with Crippen LogP contribution in [0.2, 0.25) is 0 Å². The van der Waals surface area contributed by atoms with Gasteiger partial charge in [-0.25, -0.2) is 15.8 Å². The van der Waals surface area contributed by atoms with E-state index in [0.717, 1.165) is 43.0 Å². The third-order valence-electron chi connectivity index (χ3n) is 4.33. The molecule has 6 nitrogen and oxygen atoms in total. The van der Waals surface area contributed by atoms with Crippen molar-refractivity contribution >= 4 is 36.7 Å². The number of carbonyl (C=O) groups excluding carboxylic acids is 1. The van der Waals surface area contributed by atoms with Crippen LogP contribution in [0, 0.1) is 0 Å². The van der Waals surface area contributed by atoms with Gasteiger partial charge in [-0.15, -0.1) is 24.8 Å². The molecule has 2 heterocycles. The minimum Gasteiger partial charge on any atom is -0.341 e. The van der Waals surface area contributed by atoms with Crippen molar-refractivity contribution in [1.82, 2.24) is 15.4 Å². The first-order valence-corrected chi connectivity index (χ1v) is 8.38. The molecule has 26 heavy (non-hydrogen) atoms. The molecule has 0 saturated carbocycles. The van der Waals surface area contributed by atoms with Gasteiger partial charge >= 0.3 is 0 Å². The van der Waals surface area contributed by atoms with Gasteiger partial charge in [-0.2, -0.15) is 0 Å². The largest absolute Gasteiger partial charge is 0.341 e. The lowest BCUT2D eigenvalue weighted by atomic mass is 10.0. The third kappa shape index (κ3) is 6.12. The molecule has 3 rings (SSSR count). The van der Waals surface area contributed by atoms with Crippen LogP contribution in [0.4, 0.5) is 5.95 Å². The average Bonchev–Trinajstić information content (AvgIpc) is 3.16. The van der Waals surface area contributed by atoms with Gasteiger partial charge in [0.1, 0.15) is 0 Å². The van der Waals surface area contributed by atoms with Crippen molar-refractivity contribution in [2.75, 3.05) is 18.0 Å². The maximum Gasteiger partial charge on any atom is 0.238 e. The van der Waals surface area contributed by atoms with Crippen LogP contribution < -0.4 is 16.2 Å². The highest BCUT2D eigenvalue weighted by atomic mass is 35.5. The van der Waals surface area contributed by atoms with Gasteiger partial charge in [-0.1, -0.05) is 24.3 Å². The Bertz CT molecular complexity index is 673. The second-order valence-corrected chi connectivity index (χ2v) is 6.15. The molecular weight excluding hydrogens is 373 g/mol. The monoisotopic (exact) mass is 397 g/mol. The molecule has 1 aromatic heterocycles. The van der Waals surface area contributed by atoms with E-state index >= 15 is 0 Å². The van der Waals surface area contributed by atoms with Gasteiger partial charge in [-0.3, -0.25) is 10.2 Å². The topological polar surface area (TPSA) is 84.1 Å². The molecule has 1 fully saturated rings. The zero-order chi connectivity index (χ0) is 16.8. The molecule has 0 unspecified atom stereocenters. The number of nitrogens with one attached hydrogen (secondary N) is 1. The number of halogens is 2. The number of aryl methyl sites for hydroxylation is 2. The molecule has 1 saturated heterocycles. The predicted octanol–water partition coefficient (Wildman–Crippen LogP) is 2.24. The summed E-state index contributed by atoms with van der Waals surface area (Å²) >= 11 is 0. The Balaban J connectivity index is 0.00000169. The Hall–Kier alpha value is -1.89. The lowest BCUT2D eigenvalue weighted by Gasteiger charge is -2.14. The molecule has 0 radical (unpaired) electrons. The summed E-state index contributed by atoms with van der Waals surface area (Å²) in [5.41, 5.74) is 5.48. The fourth-order valence-corrected chi connectivity index (χ4v) is 2.91. The third-order valence-corrected chi connectivity index (χ3v) is 4.33. The molecule has 3 N–H and O–H groups in total. The molecule has 0 aliphatic carbocycles. The summed E-state index contributed by atoms with van der Waals surface area (Å²) in [7, 11) is 0. The number of benzene rings is 1. The van der Waals surface area contributed by atoms with Crippen molar-refractivity contribution in [2.45, 2.75) is 32.1 Å². The van der Waals surface area contributed by atoms with Crippen LogP contribution in [0.3, 0.4) is 0 Å². The van der Waals surface area contributed by atoms with Crippen molar-refractivity contribution in [3.63, 3.8) is 0 Å². The number of hydrogen-bond donors (Lipinski definition) is 2. The van der Waals surface area contributed by atoms with Gasteiger partial charge in [0.2, 0.25) is 11.9 Å². The summed E-state index contributed by atoms with van der Waals surface area (Å²) in [4.78, 5) is 22.5. The Labute approximate surface area is 166 Å². The van der Waals surface area contributed by atoms with Gasteiger partial charge in [0, 0.05) is 25.5 Å². The first-order chi connectivity index (χ1) is 11.7. The van der Waals surface area contributed by atoms with E-state index in [4.69, 9.17) is 5.84 Å². The summed E-state index contributed by atoms with van der Waals surface area (Å²) in [5, 5.41) is 0. The van der Waals surface area contributed by atoms with Gasteiger partial charge in [0.25, 0.3) is 0 Å². The first-order valence-electron chi connectivity index (χ1n) is 8.38. The van der Waals surface area contributed by atoms with E-state index in [9.17, 15) is 4.79 Å². The normalized spacial score (nSPS) is 12.9. The minimum absolute atomic E-state index is 0. The van der Waals surface area contributed by atoms with Crippen LogP contribution in [0.25, 0.3) is 0 Å². The molecule has 0 spiro atoms. The lowest BCUT2D eigenvalue weighted by molar-refractivity contribution is -0.120. The summed E-state index contributed by atoms with van der Waals surface area (Å²) in [6.07, 6.45) is 8.46. The first kappa shape index (κ1) is 22.2. The van der Waals surface area contributed by atoms with Gasteiger partial charge < -0.3 is 4.90 Å². The van der Waals surface area contributed by atoms with Gasteiger partial charge in [0.15, 0.2) is 0 Å². The van der Waals surface area contributed by atoms with Crippen molar-refractivity contribution in [1.29, 1.82) is 0 Å². The van der Waals surface area contributed by atoms with Crippen LogP contribution in [0.1, 0.15) is 29.5 Å². The summed E-state index contributed by atoms with van der Waals surface area (Å²) in [6, 6.07) is 8.05. The van der Waals surface area contributed by atoms with E-state index < -0.39 is 0 Å². The zero-order valence-electron chi connectivity index (χ0n) is 14.6. The summed E-state index contributed by atoms with van der Waals surface area (Å²) in [6.45, 7) is 2.13. The molecule has 142 valence electrons. The van der Waals surface area contributed by atoms with Crippen molar-refractivity contribution in [3.05, 3.63) is 53.3 Å². The fraction of sp³-hybridized carbons (Fsp3) is 0.389. The number of nitrogens with zero attached hydrogens (tertiary/aromatic N) is 3. The second-order valence-electron chi connectivity index (χ2n) is 6.15. The standard InChI is InChI=1S/C18H23N5O.2ClH/c19-22-17(24)11-15-6-3-14(4-7-15)5-8-16-12-20-18(21-13-16)23-9-1-2-10-23;;/h3-4,6-7,12-13H,1-2,5,8-11,19H2,(H,22,24);2*1H. The number of amides is 1. The summed E-state index contributed by atoms with van der Waals surface area (Å²) < 4.78 is 0. The van der Waals surface area contributed by atoms with E-state index in [-0.39, 0.29) is 30.7 Å². The number of hydrogen-bond acceptors (Lipinski definition) is 5. The van der Waals surface area contributed by atoms with Crippen LogP contribution in [-0.2, 0) is 24.1 Å². The van der Waals surface area contributed by atoms with E-state index in [2.05, 4.69) is 32.4 Å². The fourth-order valence-electron chi connectivity index (χ4n) is 2.91. The quantitative estimate of drug-likeness (QED) is 0.443. The Kier molecular flexibility index (Phi) is 9.34. The molecule has 8 heteroatoms.